The standard InChI is InChI=1S/C19H18BrClN2O5/c1-27-19(26)15-8-14(21)5-6-16(15)23-18(25)11-28-10-17(24)22-9-12-3-2-4-13(20)7-12/h2-8H,9-11H2,1H3,(H,22,24)(H,23,25). The predicted molar refractivity (Wildman–Crippen MR) is 108 cm³/mol. The fraction of sp³-hybridized carbons (Fsp3) is 0.211. The van der Waals surface area contributed by atoms with E-state index in [1.54, 1.807) is 0 Å². The third kappa shape index (κ3) is 6.95. The highest BCUT2D eigenvalue weighted by Gasteiger charge is 2.15. The molecule has 0 aliphatic carbocycles. The van der Waals surface area contributed by atoms with Gasteiger partial charge in [0.25, 0.3) is 0 Å². The average Bonchev–Trinajstić information content (AvgIpc) is 2.67. The smallest absolute Gasteiger partial charge is 0.340 e. The summed E-state index contributed by atoms with van der Waals surface area (Å²) in [6.07, 6.45) is 0. The van der Waals surface area contributed by atoms with E-state index in [4.69, 9.17) is 16.3 Å². The zero-order valence-electron chi connectivity index (χ0n) is 15.0. The maximum Gasteiger partial charge on any atom is 0.340 e. The number of carbonyl (C=O) groups excluding carboxylic acids is 3. The van der Waals surface area contributed by atoms with Crippen LogP contribution < -0.4 is 10.6 Å². The van der Waals surface area contributed by atoms with E-state index >= 15 is 0 Å². The van der Waals surface area contributed by atoms with E-state index in [1.807, 2.05) is 24.3 Å². The number of hydrogen-bond donors (Lipinski definition) is 2. The van der Waals surface area contributed by atoms with Crippen molar-refractivity contribution in [3.8, 4) is 0 Å². The van der Waals surface area contributed by atoms with Gasteiger partial charge in [-0.05, 0) is 35.9 Å². The molecule has 2 rings (SSSR count). The molecule has 2 amide bonds. The number of nitrogens with one attached hydrogen (secondary N) is 2. The van der Waals surface area contributed by atoms with Crippen LogP contribution >= 0.6 is 27.5 Å². The van der Waals surface area contributed by atoms with Gasteiger partial charge < -0.3 is 20.1 Å². The number of rotatable bonds is 8. The van der Waals surface area contributed by atoms with Crippen molar-refractivity contribution in [3.05, 3.63) is 63.1 Å². The van der Waals surface area contributed by atoms with Crippen LogP contribution in [0, 0.1) is 0 Å². The Bertz CT molecular complexity index is 875. The predicted octanol–water partition coefficient (Wildman–Crippen LogP) is 3.16. The number of hydrogen-bond acceptors (Lipinski definition) is 5. The van der Waals surface area contributed by atoms with E-state index in [0.717, 1.165) is 10.0 Å². The van der Waals surface area contributed by atoms with Gasteiger partial charge in [0.15, 0.2) is 0 Å². The van der Waals surface area contributed by atoms with Crippen molar-refractivity contribution in [2.45, 2.75) is 6.54 Å². The van der Waals surface area contributed by atoms with Crippen molar-refractivity contribution in [2.75, 3.05) is 25.6 Å². The molecule has 0 fully saturated rings. The Morgan fingerprint density at radius 1 is 1.07 bits per heavy atom. The molecule has 0 heterocycles. The Labute approximate surface area is 175 Å². The lowest BCUT2D eigenvalue weighted by Gasteiger charge is -2.11. The van der Waals surface area contributed by atoms with Crippen molar-refractivity contribution in [3.63, 3.8) is 0 Å². The third-order valence-electron chi connectivity index (χ3n) is 3.51. The van der Waals surface area contributed by atoms with Crippen molar-refractivity contribution >= 4 is 51.0 Å². The Balaban J connectivity index is 1.78. The van der Waals surface area contributed by atoms with Crippen molar-refractivity contribution < 1.29 is 23.9 Å². The summed E-state index contributed by atoms with van der Waals surface area (Å²) in [4.78, 5) is 35.6. The lowest BCUT2D eigenvalue weighted by Crippen LogP contribution is -2.29. The van der Waals surface area contributed by atoms with Crippen LogP contribution in [0.25, 0.3) is 0 Å². The van der Waals surface area contributed by atoms with Gasteiger partial charge in [-0.2, -0.15) is 0 Å². The van der Waals surface area contributed by atoms with Gasteiger partial charge in [-0.1, -0.05) is 39.7 Å². The number of carbonyl (C=O) groups is 3. The molecule has 0 unspecified atom stereocenters. The maximum absolute atomic E-state index is 12.0. The number of methoxy groups -OCH3 is 1. The van der Waals surface area contributed by atoms with Crippen LogP contribution in [0.15, 0.2) is 46.9 Å². The van der Waals surface area contributed by atoms with Crippen molar-refractivity contribution in [2.24, 2.45) is 0 Å². The second-order valence-electron chi connectivity index (χ2n) is 5.63. The lowest BCUT2D eigenvalue weighted by atomic mass is 10.2. The van der Waals surface area contributed by atoms with Crippen LogP contribution in [0.4, 0.5) is 5.69 Å². The molecule has 0 atom stereocenters. The van der Waals surface area contributed by atoms with E-state index in [-0.39, 0.29) is 30.4 Å². The highest BCUT2D eigenvalue weighted by molar-refractivity contribution is 9.10. The van der Waals surface area contributed by atoms with Gasteiger partial charge in [-0.15, -0.1) is 0 Å². The number of amides is 2. The Hall–Kier alpha value is -2.42. The molecule has 0 saturated heterocycles. The van der Waals surface area contributed by atoms with Crippen LogP contribution in [-0.2, 0) is 25.6 Å². The molecule has 0 radical (unpaired) electrons. The topological polar surface area (TPSA) is 93.7 Å². The molecule has 9 heteroatoms. The summed E-state index contributed by atoms with van der Waals surface area (Å²) in [6.45, 7) is -0.277. The summed E-state index contributed by atoms with van der Waals surface area (Å²) in [5.41, 5.74) is 1.29. The summed E-state index contributed by atoms with van der Waals surface area (Å²) in [7, 11) is 1.23. The number of benzene rings is 2. The molecule has 0 spiro atoms. The van der Waals surface area contributed by atoms with Crippen LogP contribution in [-0.4, -0.2) is 38.1 Å². The SMILES string of the molecule is COC(=O)c1cc(Cl)ccc1NC(=O)COCC(=O)NCc1cccc(Br)c1. The monoisotopic (exact) mass is 468 g/mol. The molecule has 7 nitrogen and oxygen atoms in total. The molecule has 2 aromatic carbocycles. The summed E-state index contributed by atoms with van der Waals surface area (Å²) in [6, 6.07) is 11.9. The normalized spacial score (nSPS) is 10.2. The second-order valence-corrected chi connectivity index (χ2v) is 6.98. The van der Waals surface area contributed by atoms with Gasteiger partial charge in [0.05, 0.1) is 18.4 Å². The van der Waals surface area contributed by atoms with Gasteiger partial charge in [0, 0.05) is 16.0 Å². The van der Waals surface area contributed by atoms with Crippen LogP contribution in [0.3, 0.4) is 0 Å². The zero-order chi connectivity index (χ0) is 20.5. The van der Waals surface area contributed by atoms with E-state index in [1.165, 1.54) is 25.3 Å². The van der Waals surface area contributed by atoms with Crippen molar-refractivity contribution in [1.29, 1.82) is 0 Å². The quantitative estimate of drug-likeness (QED) is 0.579. The fourth-order valence-corrected chi connectivity index (χ4v) is 2.84. The minimum absolute atomic E-state index is 0.120. The fourth-order valence-electron chi connectivity index (χ4n) is 2.23. The zero-order valence-corrected chi connectivity index (χ0v) is 17.3. The molecule has 0 saturated carbocycles. The molecule has 0 bridgehead atoms. The van der Waals surface area contributed by atoms with E-state index < -0.39 is 11.9 Å². The van der Waals surface area contributed by atoms with Gasteiger partial charge >= 0.3 is 5.97 Å². The third-order valence-corrected chi connectivity index (χ3v) is 4.23. The van der Waals surface area contributed by atoms with E-state index in [2.05, 4.69) is 31.3 Å². The first-order valence-electron chi connectivity index (χ1n) is 8.15. The van der Waals surface area contributed by atoms with E-state index in [9.17, 15) is 14.4 Å². The first kappa shape index (κ1) is 21.9. The number of halogens is 2. The molecular weight excluding hydrogens is 452 g/mol. The lowest BCUT2D eigenvalue weighted by molar-refractivity contribution is -0.128. The second kappa shape index (κ2) is 10.8. The summed E-state index contributed by atoms with van der Waals surface area (Å²) in [5, 5.41) is 5.56. The van der Waals surface area contributed by atoms with E-state index in [0.29, 0.717) is 11.6 Å². The van der Waals surface area contributed by atoms with Crippen LogP contribution in [0.5, 0.6) is 0 Å². The van der Waals surface area contributed by atoms with Crippen LogP contribution in [0.2, 0.25) is 5.02 Å². The summed E-state index contributed by atoms with van der Waals surface area (Å²) < 4.78 is 10.7. The van der Waals surface area contributed by atoms with Crippen molar-refractivity contribution in [1.82, 2.24) is 5.32 Å². The van der Waals surface area contributed by atoms with Gasteiger partial charge in [0.1, 0.15) is 13.2 Å². The van der Waals surface area contributed by atoms with Gasteiger partial charge in [-0.3, -0.25) is 9.59 Å². The Morgan fingerprint density at radius 2 is 1.82 bits per heavy atom. The molecule has 0 aliphatic rings. The minimum Gasteiger partial charge on any atom is -0.465 e. The minimum atomic E-state index is -0.634. The van der Waals surface area contributed by atoms with Crippen LogP contribution in [0.1, 0.15) is 15.9 Å². The Morgan fingerprint density at radius 3 is 2.54 bits per heavy atom. The molecule has 2 N–H and O–H groups in total. The molecular formula is C19H18BrClN2O5. The molecule has 148 valence electrons. The summed E-state index contributed by atoms with van der Waals surface area (Å²) in [5.74, 6) is -1.51. The Kier molecular flexibility index (Phi) is 8.43. The number of esters is 1. The molecule has 0 aromatic heterocycles. The summed E-state index contributed by atoms with van der Waals surface area (Å²) >= 11 is 9.22. The highest BCUT2D eigenvalue weighted by Crippen LogP contribution is 2.21. The first-order chi connectivity index (χ1) is 13.4. The molecule has 2 aromatic rings. The number of ether oxygens (including phenoxy) is 2. The molecule has 28 heavy (non-hydrogen) atoms. The largest absolute Gasteiger partial charge is 0.465 e. The number of anilines is 1. The van der Waals surface area contributed by atoms with Gasteiger partial charge in [0.2, 0.25) is 11.8 Å². The molecule has 0 aliphatic heterocycles. The first-order valence-corrected chi connectivity index (χ1v) is 9.32. The average molecular weight is 470 g/mol. The maximum atomic E-state index is 12.0. The van der Waals surface area contributed by atoms with Gasteiger partial charge in [-0.25, -0.2) is 4.79 Å². The highest BCUT2D eigenvalue weighted by atomic mass is 79.9.